The summed E-state index contributed by atoms with van der Waals surface area (Å²) in [5.41, 5.74) is 4.69. The summed E-state index contributed by atoms with van der Waals surface area (Å²) in [6, 6.07) is 33.8. The Morgan fingerprint density at radius 1 is 0.622 bits per heavy atom. The third-order valence-electron chi connectivity index (χ3n) is 8.11. The maximum atomic E-state index is 13.5. The van der Waals surface area contributed by atoms with Gasteiger partial charge in [-0.1, -0.05) is 97.1 Å². The molecule has 7 nitrogen and oxygen atoms in total. The van der Waals surface area contributed by atoms with E-state index < -0.39 is 18.2 Å². The van der Waals surface area contributed by atoms with Crippen molar-refractivity contribution >= 4 is 24.0 Å². The van der Waals surface area contributed by atoms with E-state index in [1.165, 1.54) is 0 Å². The van der Waals surface area contributed by atoms with Gasteiger partial charge in [-0.2, -0.15) is 0 Å². The fourth-order valence-corrected chi connectivity index (χ4v) is 5.73. The van der Waals surface area contributed by atoms with E-state index in [1.807, 2.05) is 121 Å². The molecule has 0 radical (unpaired) electrons. The van der Waals surface area contributed by atoms with E-state index in [0.29, 0.717) is 24.0 Å². The van der Waals surface area contributed by atoms with Crippen molar-refractivity contribution in [1.29, 1.82) is 0 Å². The molecule has 228 valence electrons. The molecular weight excluding hydrogens is 564 g/mol. The number of rotatable bonds is 11. The van der Waals surface area contributed by atoms with Gasteiger partial charge in [0.15, 0.2) is 0 Å². The van der Waals surface area contributed by atoms with Gasteiger partial charge in [0, 0.05) is 17.2 Å². The first kappa shape index (κ1) is 29.9. The monoisotopic (exact) mass is 600 g/mol. The molecule has 0 unspecified atom stereocenters. The summed E-state index contributed by atoms with van der Waals surface area (Å²) < 4.78 is 11.6. The Bertz CT molecular complexity index is 1700. The van der Waals surface area contributed by atoms with Crippen LogP contribution in [0.25, 0.3) is 12.2 Å². The number of amides is 2. The van der Waals surface area contributed by atoms with Crippen LogP contribution < -0.4 is 20.1 Å². The fraction of sp³-hybridized carbons (Fsp3) is 0.211. The highest BCUT2D eigenvalue weighted by Gasteiger charge is 2.29. The molecule has 0 spiro atoms. The summed E-state index contributed by atoms with van der Waals surface area (Å²) in [6.45, 7) is 0.306. The van der Waals surface area contributed by atoms with Crippen molar-refractivity contribution in [2.75, 3.05) is 13.2 Å². The standard InChI is InChI=1S/C38H36N2O5/c41-34(33(20-27-13-5-2-6-14-27)40-38(43)31-22-29-16-8-10-18-36(29)45-25-31)23-32(19-26-11-3-1-4-12-26)39-37(42)30-21-28-15-7-9-17-35(28)44-24-30/h1-18,21-22,32-34,41H,19-20,23-25H2,(H,39,42)(H,40,43)/t32-,33-,34-/m0/s1. The largest absolute Gasteiger partial charge is 0.488 e. The molecule has 0 aliphatic carbocycles. The second-order valence-electron chi connectivity index (χ2n) is 11.4. The number of hydrogen-bond donors (Lipinski definition) is 3. The average Bonchev–Trinajstić information content (AvgIpc) is 3.08. The van der Waals surface area contributed by atoms with Gasteiger partial charge in [-0.3, -0.25) is 9.59 Å². The van der Waals surface area contributed by atoms with Crippen molar-refractivity contribution in [3.8, 4) is 11.5 Å². The van der Waals surface area contributed by atoms with E-state index in [0.717, 1.165) is 33.8 Å². The Kier molecular flexibility index (Phi) is 9.37. The Morgan fingerprint density at radius 3 is 1.64 bits per heavy atom. The van der Waals surface area contributed by atoms with E-state index in [-0.39, 0.29) is 31.4 Å². The number of ether oxygens (including phenoxy) is 2. The first-order chi connectivity index (χ1) is 22.0. The van der Waals surface area contributed by atoms with Gasteiger partial charge >= 0.3 is 0 Å². The molecule has 3 N–H and O–H groups in total. The number of aliphatic hydroxyl groups is 1. The van der Waals surface area contributed by atoms with Crippen molar-refractivity contribution in [2.45, 2.75) is 37.5 Å². The molecule has 2 aliphatic heterocycles. The summed E-state index contributed by atoms with van der Waals surface area (Å²) >= 11 is 0. The summed E-state index contributed by atoms with van der Waals surface area (Å²) in [4.78, 5) is 27.0. The van der Waals surface area contributed by atoms with Gasteiger partial charge in [-0.15, -0.1) is 0 Å². The van der Waals surface area contributed by atoms with Crippen molar-refractivity contribution in [1.82, 2.24) is 10.6 Å². The van der Waals surface area contributed by atoms with Crippen LogP contribution in [0.5, 0.6) is 11.5 Å². The lowest BCUT2D eigenvalue weighted by atomic mass is 9.93. The molecule has 0 aromatic heterocycles. The number of para-hydroxylation sites is 2. The molecule has 2 heterocycles. The van der Waals surface area contributed by atoms with Crippen molar-refractivity contribution in [2.24, 2.45) is 0 Å². The predicted molar refractivity (Wildman–Crippen MR) is 175 cm³/mol. The fourth-order valence-electron chi connectivity index (χ4n) is 5.73. The van der Waals surface area contributed by atoms with E-state index >= 15 is 0 Å². The summed E-state index contributed by atoms with van der Waals surface area (Å²) in [7, 11) is 0. The van der Waals surface area contributed by atoms with Crippen LogP contribution in [0.1, 0.15) is 28.7 Å². The lowest BCUT2D eigenvalue weighted by molar-refractivity contribution is -0.120. The second-order valence-corrected chi connectivity index (χ2v) is 11.4. The van der Waals surface area contributed by atoms with Crippen LogP contribution in [-0.4, -0.2) is 48.3 Å². The van der Waals surface area contributed by atoms with Crippen LogP contribution in [0.2, 0.25) is 0 Å². The molecule has 6 rings (SSSR count). The smallest absolute Gasteiger partial charge is 0.251 e. The van der Waals surface area contributed by atoms with Crippen LogP contribution in [-0.2, 0) is 22.4 Å². The normalized spacial score (nSPS) is 15.4. The van der Waals surface area contributed by atoms with Crippen LogP contribution in [0.15, 0.2) is 120 Å². The van der Waals surface area contributed by atoms with Crippen LogP contribution in [0.3, 0.4) is 0 Å². The highest BCUT2D eigenvalue weighted by Crippen LogP contribution is 2.27. The molecule has 2 amide bonds. The highest BCUT2D eigenvalue weighted by atomic mass is 16.5. The minimum absolute atomic E-state index is 0.143. The summed E-state index contributed by atoms with van der Waals surface area (Å²) in [5.74, 6) is 0.934. The average molecular weight is 601 g/mol. The van der Waals surface area contributed by atoms with E-state index in [1.54, 1.807) is 0 Å². The third kappa shape index (κ3) is 7.69. The van der Waals surface area contributed by atoms with Crippen LogP contribution >= 0.6 is 0 Å². The first-order valence-corrected chi connectivity index (χ1v) is 15.2. The number of benzene rings is 4. The van der Waals surface area contributed by atoms with Gasteiger partial charge in [0.1, 0.15) is 24.7 Å². The molecule has 3 atom stereocenters. The van der Waals surface area contributed by atoms with Crippen molar-refractivity contribution < 1.29 is 24.2 Å². The molecule has 45 heavy (non-hydrogen) atoms. The van der Waals surface area contributed by atoms with Gasteiger partial charge in [0.2, 0.25) is 0 Å². The zero-order valence-corrected chi connectivity index (χ0v) is 24.9. The molecule has 0 fully saturated rings. The Balaban J connectivity index is 1.21. The van der Waals surface area contributed by atoms with Crippen LogP contribution in [0.4, 0.5) is 0 Å². The molecule has 7 heteroatoms. The quantitative estimate of drug-likeness (QED) is 0.222. The van der Waals surface area contributed by atoms with Crippen molar-refractivity contribution in [3.05, 3.63) is 143 Å². The van der Waals surface area contributed by atoms with Gasteiger partial charge in [-0.25, -0.2) is 0 Å². The Hall–Kier alpha value is -5.14. The lowest BCUT2D eigenvalue weighted by Crippen LogP contribution is -2.49. The number of hydrogen-bond acceptors (Lipinski definition) is 5. The zero-order chi connectivity index (χ0) is 31.0. The zero-order valence-electron chi connectivity index (χ0n) is 24.9. The molecule has 4 aromatic rings. The van der Waals surface area contributed by atoms with Gasteiger partial charge in [-0.05, 0) is 54.7 Å². The molecule has 0 saturated carbocycles. The number of carbonyl (C=O) groups is 2. The topological polar surface area (TPSA) is 96.9 Å². The minimum Gasteiger partial charge on any atom is -0.488 e. The predicted octanol–water partition coefficient (Wildman–Crippen LogP) is 5.14. The van der Waals surface area contributed by atoms with Crippen LogP contribution in [0, 0.1) is 0 Å². The van der Waals surface area contributed by atoms with E-state index in [2.05, 4.69) is 10.6 Å². The van der Waals surface area contributed by atoms with E-state index in [9.17, 15) is 14.7 Å². The minimum atomic E-state index is -0.960. The summed E-state index contributed by atoms with van der Waals surface area (Å²) in [6.07, 6.45) is 3.87. The number of nitrogens with one attached hydrogen (secondary N) is 2. The van der Waals surface area contributed by atoms with Crippen molar-refractivity contribution in [3.63, 3.8) is 0 Å². The number of fused-ring (bicyclic) bond motifs is 2. The van der Waals surface area contributed by atoms with E-state index in [4.69, 9.17) is 9.47 Å². The summed E-state index contributed by atoms with van der Waals surface area (Å²) in [5, 5.41) is 18.0. The number of carbonyl (C=O) groups excluding carboxylic acids is 2. The Morgan fingerprint density at radius 2 is 1.09 bits per heavy atom. The van der Waals surface area contributed by atoms with Gasteiger partial charge < -0.3 is 25.2 Å². The maximum absolute atomic E-state index is 13.5. The number of aliphatic hydroxyl groups excluding tert-OH is 1. The maximum Gasteiger partial charge on any atom is 0.251 e. The third-order valence-corrected chi connectivity index (χ3v) is 8.11. The SMILES string of the molecule is O=C(N[C@@H](Cc1ccccc1)C[C@H](O)[C@H](Cc1ccccc1)NC(=O)C1=Cc2ccccc2OC1)C1=Cc2ccccc2OC1. The lowest BCUT2D eigenvalue weighted by Gasteiger charge is -2.29. The first-order valence-electron chi connectivity index (χ1n) is 15.2. The molecule has 2 aliphatic rings. The molecule has 0 saturated heterocycles. The Labute approximate surface area is 263 Å². The molecule has 4 aromatic carbocycles. The highest BCUT2D eigenvalue weighted by molar-refractivity contribution is 6.00. The molecular formula is C38H36N2O5. The molecule has 0 bridgehead atoms. The van der Waals surface area contributed by atoms with Gasteiger partial charge in [0.05, 0.1) is 23.3 Å². The van der Waals surface area contributed by atoms with Gasteiger partial charge in [0.25, 0.3) is 11.8 Å². The second kappa shape index (κ2) is 14.1.